The van der Waals surface area contributed by atoms with Crippen LogP contribution in [0.2, 0.25) is 0 Å². The smallest absolute Gasteiger partial charge is 0.323 e. The van der Waals surface area contributed by atoms with Crippen LogP contribution in [-0.2, 0) is 16.1 Å². The lowest BCUT2D eigenvalue weighted by atomic mass is 9.84. The molecule has 0 amide bonds. The number of carbonyl (C=O) groups excluding carboxylic acids is 1. The Bertz CT molecular complexity index is 371. The van der Waals surface area contributed by atoms with E-state index in [0.29, 0.717) is 6.61 Å². The molecule has 2 N–H and O–H groups in total. The highest BCUT2D eigenvalue weighted by Crippen LogP contribution is 2.25. The molecule has 0 spiro atoms. The molecule has 18 heavy (non-hydrogen) atoms. The number of rotatable bonds is 4. The highest BCUT2D eigenvalue weighted by Gasteiger charge is 2.27. The first-order chi connectivity index (χ1) is 8.77. The van der Waals surface area contributed by atoms with Crippen LogP contribution in [0.1, 0.15) is 31.2 Å². The molecule has 2 atom stereocenters. The van der Waals surface area contributed by atoms with Gasteiger partial charge in [-0.25, -0.2) is 0 Å². The van der Waals surface area contributed by atoms with E-state index in [1.165, 1.54) is 6.42 Å². The molecule has 97 valence electrons. The molecule has 0 bridgehead atoms. The number of hydrogen-bond acceptors (Lipinski definition) is 3. The molecule has 0 heterocycles. The van der Waals surface area contributed by atoms with Gasteiger partial charge in [-0.05, 0) is 30.7 Å². The van der Waals surface area contributed by atoms with Gasteiger partial charge < -0.3 is 10.5 Å². The summed E-state index contributed by atoms with van der Waals surface area (Å²) in [5, 5.41) is 0. The molecule has 2 unspecified atom stereocenters. The predicted molar refractivity (Wildman–Crippen MR) is 70.5 cm³/mol. The topological polar surface area (TPSA) is 52.3 Å². The van der Waals surface area contributed by atoms with E-state index in [4.69, 9.17) is 10.5 Å². The van der Waals surface area contributed by atoms with Crippen LogP contribution in [0.25, 0.3) is 0 Å². The summed E-state index contributed by atoms with van der Waals surface area (Å²) in [4.78, 5) is 11.8. The van der Waals surface area contributed by atoms with Crippen molar-refractivity contribution in [1.82, 2.24) is 0 Å². The standard InChI is InChI=1S/C15H20NO2/c16-14(13-9-5-2-6-10-13)15(17)18-11-12-7-3-1-4-8-12/h1,3-4,7-9,13-14H,2,5-6,10-11,16H2. The van der Waals surface area contributed by atoms with Crippen LogP contribution in [0.4, 0.5) is 0 Å². The summed E-state index contributed by atoms with van der Waals surface area (Å²) in [5.41, 5.74) is 6.94. The van der Waals surface area contributed by atoms with Gasteiger partial charge in [0.15, 0.2) is 0 Å². The number of carbonyl (C=O) groups is 1. The maximum Gasteiger partial charge on any atom is 0.323 e. The van der Waals surface area contributed by atoms with Crippen LogP contribution in [-0.4, -0.2) is 12.0 Å². The van der Waals surface area contributed by atoms with Crippen LogP contribution < -0.4 is 5.73 Å². The van der Waals surface area contributed by atoms with E-state index in [1.807, 2.05) is 30.3 Å². The molecule has 0 aromatic heterocycles. The van der Waals surface area contributed by atoms with Gasteiger partial charge in [-0.1, -0.05) is 43.2 Å². The fraction of sp³-hybridized carbons (Fsp3) is 0.467. The summed E-state index contributed by atoms with van der Waals surface area (Å²) in [5.74, 6) is -0.107. The lowest BCUT2D eigenvalue weighted by Crippen LogP contribution is -2.40. The Hall–Kier alpha value is -1.35. The summed E-state index contributed by atoms with van der Waals surface area (Å²) in [6, 6.07) is 9.16. The Morgan fingerprint density at radius 1 is 1.33 bits per heavy atom. The summed E-state index contributed by atoms with van der Waals surface area (Å²) < 4.78 is 5.26. The quantitative estimate of drug-likeness (QED) is 0.830. The Morgan fingerprint density at radius 3 is 2.78 bits per heavy atom. The third-order valence-corrected chi connectivity index (χ3v) is 3.42. The Labute approximate surface area is 108 Å². The Morgan fingerprint density at radius 2 is 2.11 bits per heavy atom. The average molecular weight is 246 g/mol. The van der Waals surface area contributed by atoms with E-state index < -0.39 is 6.04 Å². The Kier molecular flexibility index (Phi) is 4.76. The molecule has 1 saturated carbocycles. The molecule has 1 aliphatic carbocycles. The second-order valence-corrected chi connectivity index (χ2v) is 4.80. The molecular formula is C15H20NO2. The van der Waals surface area contributed by atoms with Gasteiger partial charge in [0.25, 0.3) is 0 Å². The minimum Gasteiger partial charge on any atom is -0.460 e. The average Bonchev–Trinajstić information content (AvgIpc) is 2.46. The number of hydrogen-bond donors (Lipinski definition) is 1. The fourth-order valence-electron chi connectivity index (χ4n) is 2.30. The maximum absolute atomic E-state index is 11.8. The molecule has 3 heteroatoms. The normalized spacial score (nSPS) is 18.3. The number of esters is 1. The van der Waals surface area contributed by atoms with Crippen LogP contribution in [0.5, 0.6) is 0 Å². The van der Waals surface area contributed by atoms with E-state index in [1.54, 1.807) is 0 Å². The SMILES string of the molecule is NC(C(=O)OCc1ccccc1)C1[CH]CCCC1. The van der Waals surface area contributed by atoms with Gasteiger partial charge in [-0.15, -0.1) is 0 Å². The van der Waals surface area contributed by atoms with Crippen molar-refractivity contribution in [1.29, 1.82) is 0 Å². The predicted octanol–water partition coefficient (Wildman–Crippen LogP) is 2.45. The second-order valence-electron chi connectivity index (χ2n) is 4.80. The van der Waals surface area contributed by atoms with Crippen molar-refractivity contribution in [2.75, 3.05) is 0 Å². The molecular weight excluding hydrogens is 226 g/mol. The first kappa shape index (κ1) is 13.1. The number of benzene rings is 1. The van der Waals surface area contributed by atoms with Crippen LogP contribution in [0.3, 0.4) is 0 Å². The summed E-state index contributed by atoms with van der Waals surface area (Å²) in [6.07, 6.45) is 6.59. The molecule has 1 radical (unpaired) electrons. The lowest BCUT2D eigenvalue weighted by molar-refractivity contribution is -0.147. The summed E-state index contributed by atoms with van der Waals surface area (Å²) in [6.45, 7) is 0.306. The van der Waals surface area contributed by atoms with Gasteiger partial charge in [0.1, 0.15) is 12.6 Å². The lowest BCUT2D eigenvalue weighted by Gasteiger charge is -2.25. The molecule has 1 aromatic rings. The number of nitrogens with two attached hydrogens (primary N) is 1. The molecule has 0 aliphatic heterocycles. The van der Waals surface area contributed by atoms with Crippen molar-refractivity contribution in [2.24, 2.45) is 11.7 Å². The molecule has 1 fully saturated rings. The van der Waals surface area contributed by atoms with Crippen molar-refractivity contribution in [3.63, 3.8) is 0 Å². The maximum atomic E-state index is 11.8. The zero-order chi connectivity index (χ0) is 12.8. The first-order valence-corrected chi connectivity index (χ1v) is 6.57. The Balaban J connectivity index is 1.80. The minimum absolute atomic E-state index is 0.182. The number of ether oxygens (including phenoxy) is 1. The highest BCUT2D eigenvalue weighted by molar-refractivity contribution is 5.76. The van der Waals surface area contributed by atoms with E-state index >= 15 is 0 Å². The van der Waals surface area contributed by atoms with Crippen molar-refractivity contribution in [3.8, 4) is 0 Å². The monoisotopic (exact) mass is 246 g/mol. The first-order valence-electron chi connectivity index (χ1n) is 6.57. The van der Waals surface area contributed by atoms with Gasteiger partial charge in [0, 0.05) is 0 Å². The van der Waals surface area contributed by atoms with Gasteiger partial charge in [-0.2, -0.15) is 0 Å². The van der Waals surface area contributed by atoms with Crippen molar-refractivity contribution >= 4 is 5.97 Å². The third-order valence-electron chi connectivity index (χ3n) is 3.42. The third kappa shape index (κ3) is 3.57. The van der Waals surface area contributed by atoms with Gasteiger partial charge >= 0.3 is 5.97 Å². The second kappa shape index (κ2) is 6.55. The zero-order valence-corrected chi connectivity index (χ0v) is 10.5. The summed E-state index contributed by atoms with van der Waals surface area (Å²) in [7, 11) is 0. The molecule has 0 saturated heterocycles. The van der Waals surface area contributed by atoms with Crippen molar-refractivity contribution in [2.45, 2.75) is 38.3 Å². The van der Waals surface area contributed by atoms with Crippen molar-refractivity contribution in [3.05, 3.63) is 42.3 Å². The van der Waals surface area contributed by atoms with Crippen molar-refractivity contribution < 1.29 is 9.53 Å². The fourth-order valence-corrected chi connectivity index (χ4v) is 2.30. The van der Waals surface area contributed by atoms with Gasteiger partial charge in [-0.3, -0.25) is 4.79 Å². The molecule has 2 rings (SSSR count). The van der Waals surface area contributed by atoms with Crippen LogP contribution in [0.15, 0.2) is 30.3 Å². The zero-order valence-electron chi connectivity index (χ0n) is 10.5. The molecule has 1 aromatic carbocycles. The largest absolute Gasteiger partial charge is 0.460 e. The van der Waals surface area contributed by atoms with E-state index in [9.17, 15) is 4.79 Å². The van der Waals surface area contributed by atoms with Crippen LogP contribution >= 0.6 is 0 Å². The van der Waals surface area contributed by atoms with E-state index in [0.717, 1.165) is 24.8 Å². The van der Waals surface area contributed by atoms with E-state index in [2.05, 4.69) is 6.42 Å². The van der Waals surface area contributed by atoms with Crippen LogP contribution in [0, 0.1) is 12.3 Å². The minimum atomic E-state index is -0.506. The van der Waals surface area contributed by atoms with Gasteiger partial charge in [0.2, 0.25) is 0 Å². The molecule has 3 nitrogen and oxygen atoms in total. The van der Waals surface area contributed by atoms with Gasteiger partial charge in [0.05, 0.1) is 0 Å². The molecule has 1 aliphatic rings. The highest BCUT2D eigenvalue weighted by atomic mass is 16.5. The summed E-state index contributed by atoms with van der Waals surface area (Å²) >= 11 is 0. The van der Waals surface area contributed by atoms with E-state index in [-0.39, 0.29) is 11.9 Å².